The Morgan fingerprint density at radius 2 is 1.81 bits per heavy atom. The van der Waals surface area contributed by atoms with Crippen molar-refractivity contribution in [2.75, 3.05) is 26.3 Å². The van der Waals surface area contributed by atoms with E-state index >= 15 is 0 Å². The number of amides is 2. The summed E-state index contributed by atoms with van der Waals surface area (Å²) in [6, 6.07) is 15.8. The molecule has 2 aromatic carbocycles. The minimum absolute atomic E-state index is 0.0896. The summed E-state index contributed by atoms with van der Waals surface area (Å²) in [5.41, 5.74) is 1.83. The molecule has 198 valence electrons. The van der Waals surface area contributed by atoms with E-state index in [2.05, 4.69) is 20.9 Å². The van der Waals surface area contributed by atoms with Gasteiger partial charge in [-0.2, -0.15) is 0 Å². The van der Waals surface area contributed by atoms with Crippen LogP contribution in [0.5, 0.6) is 5.75 Å². The number of aryl methyl sites for hydroxylation is 1. The molecule has 1 aliphatic heterocycles. The van der Waals surface area contributed by atoms with Crippen molar-refractivity contribution in [3.63, 3.8) is 0 Å². The zero-order valence-electron chi connectivity index (χ0n) is 21.0. The molecule has 0 aliphatic carbocycles. The predicted octanol–water partition coefficient (Wildman–Crippen LogP) is 2.71. The number of aliphatic imine (C=N–C) groups is 1. The van der Waals surface area contributed by atoms with Crippen molar-refractivity contribution >= 4 is 23.9 Å². The Bertz CT molecular complexity index is 1040. The Kier molecular flexibility index (Phi) is 11.2. The molecule has 3 rings (SSSR count). The lowest BCUT2D eigenvalue weighted by Gasteiger charge is -2.17. The molecular weight excluding hydrogens is 476 g/mol. The van der Waals surface area contributed by atoms with Crippen LogP contribution in [0.25, 0.3) is 0 Å². The normalized spacial score (nSPS) is 13.4. The van der Waals surface area contributed by atoms with E-state index in [1.807, 2.05) is 42.5 Å². The molecule has 3 N–H and O–H groups in total. The van der Waals surface area contributed by atoms with E-state index in [4.69, 9.17) is 14.2 Å². The number of rotatable bonds is 12. The zero-order valence-corrected chi connectivity index (χ0v) is 21.0. The quantitative estimate of drug-likeness (QED) is 0.375. The fourth-order valence-electron chi connectivity index (χ4n) is 3.51. The monoisotopic (exact) mass is 510 g/mol. The van der Waals surface area contributed by atoms with Crippen LogP contribution in [0.4, 0.5) is 4.79 Å². The molecule has 1 heterocycles. The summed E-state index contributed by atoms with van der Waals surface area (Å²) in [6.07, 6.45) is 1.39. The van der Waals surface area contributed by atoms with Crippen molar-refractivity contribution in [1.82, 2.24) is 16.0 Å². The standard InChI is InChI=1S/C27H34N4O6/c1-2-35-25(33)23(30-27(34)37-19-21-7-4-3-5-8-21)15-18-36-22-12-9-20(10-13-22)11-14-24(32)31-26-28-16-6-17-29-26/h3-5,7-10,12-13,23H,2,6,11,14-19H2,1H3,(H,30,34)(H2,28,29,31,32). The van der Waals surface area contributed by atoms with Gasteiger partial charge in [0.05, 0.1) is 13.2 Å². The van der Waals surface area contributed by atoms with Crippen LogP contribution in [-0.2, 0) is 32.1 Å². The third kappa shape index (κ3) is 10.2. The van der Waals surface area contributed by atoms with Crippen molar-refractivity contribution in [2.24, 2.45) is 4.99 Å². The number of benzene rings is 2. The molecule has 1 unspecified atom stereocenters. The van der Waals surface area contributed by atoms with Crippen LogP contribution >= 0.6 is 0 Å². The molecule has 0 spiro atoms. The third-order valence-corrected chi connectivity index (χ3v) is 5.47. The summed E-state index contributed by atoms with van der Waals surface area (Å²) in [7, 11) is 0. The number of nitrogens with one attached hydrogen (secondary N) is 3. The number of guanidine groups is 1. The van der Waals surface area contributed by atoms with Crippen LogP contribution in [-0.4, -0.2) is 56.3 Å². The van der Waals surface area contributed by atoms with Gasteiger partial charge in [-0.05, 0) is 43.0 Å². The van der Waals surface area contributed by atoms with E-state index in [-0.39, 0.29) is 32.1 Å². The van der Waals surface area contributed by atoms with Gasteiger partial charge in [0.1, 0.15) is 18.4 Å². The van der Waals surface area contributed by atoms with E-state index in [0.29, 0.717) is 24.6 Å². The van der Waals surface area contributed by atoms with Crippen molar-refractivity contribution in [3.8, 4) is 5.75 Å². The molecule has 10 heteroatoms. The second-order valence-electron chi connectivity index (χ2n) is 8.35. The molecule has 2 amide bonds. The predicted molar refractivity (Wildman–Crippen MR) is 138 cm³/mol. The van der Waals surface area contributed by atoms with E-state index in [1.165, 1.54) is 0 Å². The number of alkyl carbamates (subject to hydrolysis) is 1. The number of hydrogen-bond donors (Lipinski definition) is 3. The Hall–Kier alpha value is -4.08. The van der Waals surface area contributed by atoms with Gasteiger partial charge in [-0.1, -0.05) is 42.5 Å². The van der Waals surface area contributed by atoms with Gasteiger partial charge in [-0.15, -0.1) is 0 Å². The van der Waals surface area contributed by atoms with E-state index in [0.717, 1.165) is 30.6 Å². The molecule has 2 aromatic rings. The minimum Gasteiger partial charge on any atom is -0.494 e. The molecule has 0 saturated carbocycles. The Balaban J connectivity index is 1.41. The van der Waals surface area contributed by atoms with Gasteiger partial charge in [-0.3, -0.25) is 15.1 Å². The van der Waals surface area contributed by atoms with Crippen LogP contribution in [0.1, 0.15) is 37.3 Å². The molecule has 37 heavy (non-hydrogen) atoms. The lowest BCUT2D eigenvalue weighted by atomic mass is 10.1. The van der Waals surface area contributed by atoms with Crippen LogP contribution in [0.15, 0.2) is 59.6 Å². The molecule has 0 bridgehead atoms. The fraction of sp³-hybridized carbons (Fsp3) is 0.407. The SMILES string of the molecule is CCOC(=O)C(CCOc1ccc(CCC(=O)NC2=NCCCN2)cc1)NC(=O)OCc1ccccc1. The number of hydrogen-bond acceptors (Lipinski definition) is 8. The summed E-state index contributed by atoms with van der Waals surface area (Å²) in [6.45, 7) is 3.71. The Morgan fingerprint density at radius 3 is 2.51 bits per heavy atom. The highest BCUT2D eigenvalue weighted by atomic mass is 16.6. The summed E-state index contributed by atoms with van der Waals surface area (Å²) in [4.78, 5) is 40.9. The molecule has 0 radical (unpaired) electrons. The topological polar surface area (TPSA) is 127 Å². The van der Waals surface area contributed by atoms with Crippen LogP contribution in [0.2, 0.25) is 0 Å². The molecule has 1 atom stereocenters. The summed E-state index contributed by atoms with van der Waals surface area (Å²) >= 11 is 0. The molecule has 0 saturated heterocycles. The lowest BCUT2D eigenvalue weighted by molar-refractivity contribution is -0.145. The molecular formula is C27H34N4O6. The van der Waals surface area contributed by atoms with Crippen LogP contribution in [0, 0.1) is 0 Å². The van der Waals surface area contributed by atoms with Gasteiger partial charge >= 0.3 is 12.1 Å². The second kappa shape index (κ2) is 15.1. The van der Waals surface area contributed by atoms with Gasteiger partial charge in [0.25, 0.3) is 0 Å². The third-order valence-electron chi connectivity index (χ3n) is 5.47. The zero-order chi connectivity index (χ0) is 26.3. The van der Waals surface area contributed by atoms with Crippen molar-refractivity contribution in [3.05, 3.63) is 65.7 Å². The van der Waals surface area contributed by atoms with Gasteiger partial charge in [-0.25, -0.2) is 9.59 Å². The van der Waals surface area contributed by atoms with E-state index in [1.54, 1.807) is 19.1 Å². The number of nitrogens with zero attached hydrogens (tertiary/aromatic N) is 1. The average Bonchev–Trinajstić information content (AvgIpc) is 2.92. The van der Waals surface area contributed by atoms with Gasteiger partial charge in [0.15, 0.2) is 5.96 Å². The summed E-state index contributed by atoms with van der Waals surface area (Å²) < 4.78 is 16.0. The minimum atomic E-state index is -0.899. The Morgan fingerprint density at radius 1 is 1.03 bits per heavy atom. The molecule has 0 fully saturated rings. The first-order chi connectivity index (χ1) is 18.0. The molecule has 1 aliphatic rings. The fourth-order valence-corrected chi connectivity index (χ4v) is 3.51. The van der Waals surface area contributed by atoms with Crippen molar-refractivity contribution in [2.45, 2.75) is 45.3 Å². The Labute approximate surface area is 216 Å². The molecule has 10 nitrogen and oxygen atoms in total. The highest BCUT2D eigenvalue weighted by molar-refractivity contribution is 5.97. The van der Waals surface area contributed by atoms with Crippen molar-refractivity contribution in [1.29, 1.82) is 0 Å². The van der Waals surface area contributed by atoms with E-state index < -0.39 is 18.1 Å². The second-order valence-corrected chi connectivity index (χ2v) is 8.35. The number of ether oxygens (including phenoxy) is 3. The first kappa shape index (κ1) is 27.5. The lowest BCUT2D eigenvalue weighted by Crippen LogP contribution is -2.43. The first-order valence-corrected chi connectivity index (χ1v) is 12.5. The first-order valence-electron chi connectivity index (χ1n) is 12.5. The highest BCUT2D eigenvalue weighted by Gasteiger charge is 2.23. The smallest absolute Gasteiger partial charge is 0.408 e. The number of carbonyl (C=O) groups is 3. The maximum atomic E-state index is 12.3. The van der Waals surface area contributed by atoms with Crippen LogP contribution < -0.4 is 20.7 Å². The largest absolute Gasteiger partial charge is 0.494 e. The highest BCUT2D eigenvalue weighted by Crippen LogP contribution is 2.14. The average molecular weight is 511 g/mol. The number of esters is 1. The number of carbonyl (C=O) groups excluding carboxylic acids is 3. The van der Waals surface area contributed by atoms with Crippen molar-refractivity contribution < 1.29 is 28.6 Å². The van der Waals surface area contributed by atoms with Gasteiger partial charge < -0.3 is 24.8 Å². The molecule has 0 aromatic heterocycles. The summed E-state index contributed by atoms with van der Waals surface area (Å²) in [5.74, 6) is 0.516. The summed E-state index contributed by atoms with van der Waals surface area (Å²) in [5, 5.41) is 8.41. The van der Waals surface area contributed by atoms with E-state index in [9.17, 15) is 14.4 Å². The van der Waals surface area contributed by atoms with Gasteiger partial charge in [0, 0.05) is 25.9 Å². The van der Waals surface area contributed by atoms with Gasteiger partial charge in [0.2, 0.25) is 5.91 Å². The maximum Gasteiger partial charge on any atom is 0.408 e. The van der Waals surface area contributed by atoms with Crippen LogP contribution in [0.3, 0.4) is 0 Å². The maximum absolute atomic E-state index is 12.3.